The molecule has 0 unspecified atom stereocenters. The summed E-state index contributed by atoms with van der Waals surface area (Å²) in [6.45, 7) is 1.92. The zero-order valence-corrected chi connectivity index (χ0v) is 15.1. The van der Waals surface area contributed by atoms with Crippen LogP contribution in [-0.2, 0) is 10.0 Å². The van der Waals surface area contributed by atoms with E-state index in [4.69, 9.17) is 5.11 Å². The number of nitrogens with one attached hydrogen (secondary N) is 1. The number of rotatable bonds is 3. The van der Waals surface area contributed by atoms with Gasteiger partial charge in [-0.3, -0.25) is 0 Å². The van der Waals surface area contributed by atoms with Gasteiger partial charge in [0.25, 0.3) is 0 Å². The van der Waals surface area contributed by atoms with Gasteiger partial charge in [0.15, 0.2) is 0 Å². The second-order valence-corrected chi connectivity index (χ2v) is 8.37. The van der Waals surface area contributed by atoms with Crippen LogP contribution in [0.25, 0.3) is 0 Å². The van der Waals surface area contributed by atoms with Gasteiger partial charge >= 0.3 is 6.09 Å². The van der Waals surface area contributed by atoms with Gasteiger partial charge in [0.05, 0.1) is 4.90 Å². The third kappa shape index (κ3) is 3.77. The van der Waals surface area contributed by atoms with Crippen molar-refractivity contribution in [3.63, 3.8) is 0 Å². The minimum atomic E-state index is -3.72. The van der Waals surface area contributed by atoms with Crippen LogP contribution in [0, 0.1) is 0 Å². The van der Waals surface area contributed by atoms with Crippen LogP contribution in [-0.4, -0.2) is 43.1 Å². The van der Waals surface area contributed by atoms with Crippen molar-refractivity contribution in [1.82, 2.24) is 9.62 Å². The van der Waals surface area contributed by atoms with Gasteiger partial charge in [-0.15, -0.1) is 0 Å². The number of hydrogen-bond acceptors (Lipinski definition) is 3. The smallest absolute Gasteiger partial charge is 0.407 e. The van der Waals surface area contributed by atoms with Gasteiger partial charge < -0.3 is 10.0 Å². The summed E-state index contributed by atoms with van der Waals surface area (Å²) >= 11 is 6.46. The Morgan fingerprint density at radius 1 is 1.43 bits per heavy atom. The molecule has 1 aliphatic rings. The average molecular weight is 442 g/mol. The van der Waals surface area contributed by atoms with Gasteiger partial charge in [-0.25, -0.2) is 17.9 Å². The molecule has 0 bridgehead atoms. The number of carboxylic acid groups (broad SMARTS) is 1. The lowest BCUT2D eigenvalue weighted by Gasteiger charge is -2.16. The highest BCUT2D eigenvalue weighted by atomic mass is 79.9. The first-order chi connectivity index (χ1) is 9.70. The van der Waals surface area contributed by atoms with Crippen molar-refractivity contribution in [3.8, 4) is 0 Å². The van der Waals surface area contributed by atoms with Crippen LogP contribution in [0.15, 0.2) is 32.0 Å². The summed E-state index contributed by atoms with van der Waals surface area (Å²) < 4.78 is 28.5. The molecule has 2 rings (SSSR count). The number of halogens is 2. The molecule has 9 heteroatoms. The van der Waals surface area contributed by atoms with E-state index in [1.54, 1.807) is 19.1 Å². The van der Waals surface area contributed by atoms with E-state index < -0.39 is 22.2 Å². The van der Waals surface area contributed by atoms with Crippen molar-refractivity contribution in [1.29, 1.82) is 0 Å². The Hall–Kier alpha value is -0.640. The van der Waals surface area contributed by atoms with Crippen molar-refractivity contribution in [3.05, 3.63) is 27.1 Å². The maximum Gasteiger partial charge on any atom is 0.407 e. The molecule has 0 radical (unpaired) electrons. The van der Waals surface area contributed by atoms with Gasteiger partial charge in [0.1, 0.15) is 0 Å². The maximum absolute atomic E-state index is 12.4. The number of amides is 1. The van der Waals surface area contributed by atoms with Crippen molar-refractivity contribution >= 4 is 48.0 Å². The lowest BCUT2D eigenvalue weighted by atomic mass is 10.2. The SMILES string of the molecule is C[C@H]1C[C@@H](NS(=O)(=O)c2cc(Br)ccc2Br)CN1C(=O)O. The van der Waals surface area contributed by atoms with Crippen LogP contribution < -0.4 is 4.72 Å². The molecule has 1 aromatic rings. The van der Waals surface area contributed by atoms with Crippen molar-refractivity contribution in [2.45, 2.75) is 30.3 Å². The predicted molar refractivity (Wildman–Crippen MR) is 84.8 cm³/mol. The van der Waals surface area contributed by atoms with E-state index >= 15 is 0 Å². The Bertz CT molecular complexity index is 665. The van der Waals surface area contributed by atoms with E-state index in [1.165, 1.54) is 11.0 Å². The van der Waals surface area contributed by atoms with Crippen LogP contribution in [0.1, 0.15) is 13.3 Å². The lowest BCUT2D eigenvalue weighted by molar-refractivity contribution is 0.143. The Balaban J connectivity index is 2.19. The number of nitrogens with zero attached hydrogens (tertiary/aromatic N) is 1. The standard InChI is InChI=1S/C12H14Br2N2O4S/c1-7-4-9(6-16(7)12(17)18)15-21(19,20)11-5-8(13)2-3-10(11)14/h2-3,5,7,9,15H,4,6H2,1H3,(H,17,18)/t7-,9+/m0/s1. The zero-order valence-electron chi connectivity index (χ0n) is 11.1. The van der Waals surface area contributed by atoms with Gasteiger partial charge in [0.2, 0.25) is 10.0 Å². The summed E-state index contributed by atoms with van der Waals surface area (Å²) in [6, 6.07) is 4.24. The highest BCUT2D eigenvalue weighted by molar-refractivity contribution is 9.11. The predicted octanol–water partition coefficient (Wildman–Crippen LogP) is 2.63. The molecular weight excluding hydrogens is 428 g/mol. The molecule has 1 fully saturated rings. The summed E-state index contributed by atoms with van der Waals surface area (Å²) in [7, 11) is -3.72. The van der Waals surface area contributed by atoms with E-state index in [1.807, 2.05) is 0 Å². The molecule has 1 amide bonds. The molecule has 1 saturated heterocycles. The first-order valence-corrected chi connectivity index (χ1v) is 9.24. The van der Waals surface area contributed by atoms with Crippen LogP contribution in [0.3, 0.4) is 0 Å². The van der Waals surface area contributed by atoms with E-state index in [0.717, 1.165) is 0 Å². The first kappa shape index (κ1) is 16.7. The Morgan fingerprint density at radius 3 is 2.67 bits per heavy atom. The third-order valence-corrected chi connectivity index (χ3v) is 6.33. The normalized spacial score (nSPS) is 22.5. The lowest BCUT2D eigenvalue weighted by Crippen LogP contribution is -2.38. The molecule has 1 heterocycles. The van der Waals surface area contributed by atoms with Crippen LogP contribution in [0.4, 0.5) is 4.79 Å². The third-order valence-electron chi connectivity index (χ3n) is 3.33. The van der Waals surface area contributed by atoms with Gasteiger partial charge in [0, 0.05) is 27.6 Å². The fraction of sp³-hybridized carbons (Fsp3) is 0.417. The van der Waals surface area contributed by atoms with Crippen molar-refractivity contribution in [2.75, 3.05) is 6.54 Å². The molecular formula is C12H14Br2N2O4S. The Labute approximate surface area is 139 Å². The zero-order chi connectivity index (χ0) is 15.8. The molecule has 0 saturated carbocycles. The molecule has 2 N–H and O–H groups in total. The Kier molecular flexibility index (Phi) is 4.96. The summed E-state index contributed by atoms with van der Waals surface area (Å²) in [5.74, 6) is 0. The molecule has 1 aliphatic heterocycles. The molecule has 1 aromatic carbocycles. The van der Waals surface area contributed by atoms with E-state index in [9.17, 15) is 13.2 Å². The van der Waals surface area contributed by atoms with Crippen molar-refractivity contribution in [2.24, 2.45) is 0 Å². The van der Waals surface area contributed by atoms with Crippen molar-refractivity contribution < 1.29 is 18.3 Å². The fourth-order valence-electron chi connectivity index (χ4n) is 2.35. The number of hydrogen-bond donors (Lipinski definition) is 2. The first-order valence-electron chi connectivity index (χ1n) is 6.17. The molecule has 2 atom stereocenters. The minimum absolute atomic E-state index is 0.123. The average Bonchev–Trinajstić information content (AvgIpc) is 2.72. The summed E-state index contributed by atoms with van der Waals surface area (Å²) in [5.41, 5.74) is 0. The quantitative estimate of drug-likeness (QED) is 0.754. The summed E-state index contributed by atoms with van der Waals surface area (Å²) in [5, 5.41) is 9.03. The molecule has 116 valence electrons. The molecule has 0 aliphatic carbocycles. The van der Waals surface area contributed by atoms with Crippen LogP contribution in [0.2, 0.25) is 0 Å². The fourth-order valence-corrected chi connectivity index (χ4v) is 5.09. The second kappa shape index (κ2) is 6.23. The van der Waals surface area contributed by atoms with E-state index in [2.05, 4.69) is 36.6 Å². The second-order valence-electron chi connectivity index (χ2n) is 4.91. The summed E-state index contributed by atoms with van der Waals surface area (Å²) in [4.78, 5) is 12.4. The van der Waals surface area contributed by atoms with E-state index in [0.29, 0.717) is 15.4 Å². The number of carbonyl (C=O) groups is 1. The largest absolute Gasteiger partial charge is 0.465 e. The monoisotopic (exact) mass is 440 g/mol. The van der Waals surface area contributed by atoms with Gasteiger partial charge in [-0.05, 0) is 47.5 Å². The number of sulfonamides is 1. The molecule has 0 aromatic heterocycles. The highest BCUT2D eigenvalue weighted by Crippen LogP contribution is 2.27. The number of likely N-dealkylation sites (tertiary alicyclic amines) is 1. The molecule has 21 heavy (non-hydrogen) atoms. The van der Waals surface area contributed by atoms with Crippen LogP contribution in [0.5, 0.6) is 0 Å². The van der Waals surface area contributed by atoms with Crippen LogP contribution >= 0.6 is 31.9 Å². The van der Waals surface area contributed by atoms with E-state index in [-0.39, 0.29) is 17.5 Å². The molecule has 6 nitrogen and oxygen atoms in total. The van der Waals surface area contributed by atoms with Gasteiger partial charge in [-0.2, -0.15) is 0 Å². The highest BCUT2D eigenvalue weighted by Gasteiger charge is 2.35. The minimum Gasteiger partial charge on any atom is -0.465 e. The van der Waals surface area contributed by atoms with Gasteiger partial charge in [-0.1, -0.05) is 15.9 Å². The number of benzene rings is 1. The molecule has 0 spiro atoms. The summed E-state index contributed by atoms with van der Waals surface area (Å²) in [6.07, 6.45) is -0.579. The maximum atomic E-state index is 12.4. The Morgan fingerprint density at radius 2 is 2.10 bits per heavy atom. The topological polar surface area (TPSA) is 86.7 Å².